The maximum atomic E-state index is 12.2. The number of nitrogens with one attached hydrogen (secondary N) is 2. The summed E-state index contributed by atoms with van der Waals surface area (Å²) in [6, 6.07) is 3.74. The second-order valence-electron chi connectivity index (χ2n) is 5.13. The molecule has 0 atom stereocenters. The summed E-state index contributed by atoms with van der Waals surface area (Å²) < 4.78 is 7.04. The number of rotatable bonds is 6. The van der Waals surface area contributed by atoms with Gasteiger partial charge in [-0.15, -0.1) is 12.4 Å². The fourth-order valence-corrected chi connectivity index (χ4v) is 2.37. The molecule has 0 saturated carbocycles. The van der Waals surface area contributed by atoms with Crippen LogP contribution in [0.25, 0.3) is 5.82 Å². The molecule has 1 amide bonds. The van der Waals surface area contributed by atoms with E-state index in [4.69, 9.17) is 4.52 Å². The third-order valence-electron chi connectivity index (χ3n) is 3.41. The van der Waals surface area contributed by atoms with Gasteiger partial charge in [-0.1, -0.05) is 5.16 Å². The molecule has 6 nitrogen and oxygen atoms in total. The average molecular weight is 327 g/mol. The lowest BCUT2D eigenvalue weighted by molar-refractivity contribution is 0.0952. The van der Waals surface area contributed by atoms with Gasteiger partial charge in [-0.2, -0.15) is 0 Å². The van der Waals surface area contributed by atoms with E-state index in [1.165, 1.54) is 0 Å². The number of amides is 1. The van der Waals surface area contributed by atoms with Crippen LogP contribution >= 0.6 is 12.4 Å². The molecular weight excluding hydrogens is 304 g/mol. The van der Waals surface area contributed by atoms with Crippen LogP contribution in [0.3, 0.4) is 0 Å². The Morgan fingerprint density at radius 1 is 1.27 bits per heavy atom. The van der Waals surface area contributed by atoms with Crippen LogP contribution in [0.4, 0.5) is 0 Å². The Bertz CT molecular complexity index is 634. The summed E-state index contributed by atoms with van der Waals surface area (Å²) >= 11 is 0. The molecule has 0 unspecified atom stereocenters. The van der Waals surface area contributed by atoms with Crippen molar-refractivity contribution in [2.45, 2.75) is 27.2 Å². The number of aryl methyl sites for hydroxylation is 2. The van der Waals surface area contributed by atoms with Crippen molar-refractivity contribution >= 4 is 18.3 Å². The van der Waals surface area contributed by atoms with Crippen molar-refractivity contribution in [3.63, 3.8) is 0 Å². The monoisotopic (exact) mass is 326 g/mol. The molecule has 0 spiro atoms. The molecule has 2 N–H and O–H groups in total. The summed E-state index contributed by atoms with van der Waals surface area (Å²) in [5.74, 6) is 1.40. The Morgan fingerprint density at radius 2 is 2.00 bits per heavy atom. The molecule has 2 rings (SSSR count). The molecule has 2 aromatic rings. The zero-order chi connectivity index (χ0) is 15.4. The van der Waals surface area contributed by atoms with E-state index in [1.54, 1.807) is 0 Å². The van der Waals surface area contributed by atoms with Gasteiger partial charge in [0.05, 0.1) is 5.56 Å². The maximum absolute atomic E-state index is 12.2. The molecule has 0 fully saturated rings. The van der Waals surface area contributed by atoms with Crippen LogP contribution in [-0.2, 0) is 0 Å². The number of hydrogen-bond donors (Lipinski definition) is 2. The Morgan fingerprint density at radius 3 is 2.59 bits per heavy atom. The van der Waals surface area contributed by atoms with Crippen LogP contribution in [0.2, 0.25) is 0 Å². The Hall–Kier alpha value is -1.79. The van der Waals surface area contributed by atoms with Gasteiger partial charge in [0.15, 0.2) is 5.82 Å². The molecule has 0 aliphatic heterocycles. The van der Waals surface area contributed by atoms with Crippen LogP contribution in [-0.4, -0.2) is 35.8 Å². The highest BCUT2D eigenvalue weighted by Crippen LogP contribution is 2.20. The first-order valence-corrected chi connectivity index (χ1v) is 7.10. The van der Waals surface area contributed by atoms with Crippen LogP contribution < -0.4 is 10.6 Å². The molecule has 0 saturated heterocycles. The summed E-state index contributed by atoms with van der Waals surface area (Å²) in [4.78, 5) is 12.2. The quantitative estimate of drug-likeness (QED) is 0.798. The van der Waals surface area contributed by atoms with Crippen molar-refractivity contribution in [3.8, 4) is 5.82 Å². The van der Waals surface area contributed by atoms with Gasteiger partial charge in [-0.05, 0) is 46.9 Å². The Balaban J connectivity index is 0.00000242. The average Bonchev–Trinajstić information content (AvgIpc) is 2.98. The molecule has 2 heterocycles. The number of carbonyl (C=O) groups is 1. The number of hydrogen-bond acceptors (Lipinski definition) is 4. The van der Waals surface area contributed by atoms with Crippen LogP contribution in [0.1, 0.15) is 33.9 Å². The van der Waals surface area contributed by atoms with Gasteiger partial charge < -0.3 is 15.2 Å². The molecule has 22 heavy (non-hydrogen) atoms. The second kappa shape index (κ2) is 8.00. The third-order valence-corrected chi connectivity index (χ3v) is 3.41. The first-order valence-electron chi connectivity index (χ1n) is 7.10. The topological polar surface area (TPSA) is 72.1 Å². The van der Waals surface area contributed by atoms with E-state index in [0.29, 0.717) is 17.9 Å². The van der Waals surface area contributed by atoms with Crippen molar-refractivity contribution < 1.29 is 9.32 Å². The third kappa shape index (κ3) is 3.90. The van der Waals surface area contributed by atoms with E-state index in [2.05, 4.69) is 15.8 Å². The highest BCUT2D eigenvalue weighted by atomic mass is 35.5. The molecule has 0 aliphatic carbocycles. The molecule has 0 radical (unpaired) electrons. The predicted molar refractivity (Wildman–Crippen MR) is 88.2 cm³/mol. The summed E-state index contributed by atoms with van der Waals surface area (Å²) in [7, 11) is 1.90. The van der Waals surface area contributed by atoms with Crippen molar-refractivity contribution in [1.82, 2.24) is 20.4 Å². The molecule has 0 bridgehead atoms. The zero-order valence-electron chi connectivity index (χ0n) is 13.4. The van der Waals surface area contributed by atoms with Gasteiger partial charge in [0.2, 0.25) is 0 Å². The summed E-state index contributed by atoms with van der Waals surface area (Å²) in [5.41, 5.74) is 2.51. The first-order chi connectivity index (χ1) is 10.0. The molecular formula is C15H23ClN4O2. The van der Waals surface area contributed by atoms with Crippen molar-refractivity contribution in [3.05, 3.63) is 34.8 Å². The number of aromatic nitrogens is 2. The molecule has 7 heteroatoms. The number of halogens is 1. The Kier molecular flexibility index (Phi) is 6.64. The van der Waals surface area contributed by atoms with E-state index in [0.717, 1.165) is 30.1 Å². The van der Waals surface area contributed by atoms with Crippen molar-refractivity contribution in [2.24, 2.45) is 0 Å². The zero-order valence-corrected chi connectivity index (χ0v) is 14.2. The number of nitrogens with zero attached hydrogens (tertiary/aromatic N) is 2. The highest BCUT2D eigenvalue weighted by molar-refractivity contribution is 5.95. The van der Waals surface area contributed by atoms with E-state index in [1.807, 2.05) is 44.5 Å². The fourth-order valence-electron chi connectivity index (χ4n) is 2.37. The summed E-state index contributed by atoms with van der Waals surface area (Å²) in [6.45, 7) is 7.26. The van der Waals surface area contributed by atoms with E-state index >= 15 is 0 Å². The second-order valence-corrected chi connectivity index (χ2v) is 5.13. The molecule has 0 aliphatic rings. The van der Waals surface area contributed by atoms with Crippen LogP contribution in [0.15, 0.2) is 16.7 Å². The molecule has 0 aromatic carbocycles. The smallest absolute Gasteiger partial charge is 0.253 e. The molecule has 122 valence electrons. The predicted octanol–water partition coefficient (Wildman–Crippen LogP) is 2.15. The van der Waals surface area contributed by atoms with Gasteiger partial charge in [0, 0.05) is 24.0 Å². The lowest BCUT2D eigenvalue weighted by Gasteiger charge is -2.06. The Labute approximate surface area is 136 Å². The van der Waals surface area contributed by atoms with Crippen LogP contribution in [0, 0.1) is 20.8 Å². The fraction of sp³-hybridized carbons (Fsp3) is 0.467. The van der Waals surface area contributed by atoms with Gasteiger partial charge in [-0.3, -0.25) is 9.36 Å². The minimum atomic E-state index is -0.0503. The van der Waals surface area contributed by atoms with E-state index in [-0.39, 0.29) is 18.3 Å². The van der Waals surface area contributed by atoms with Gasteiger partial charge in [0.1, 0.15) is 5.76 Å². The van der Waals surface area contributed by atoms with E-state index < -0.39 is 0 Å². The highest BCUT2D eigenvalue weighted by Gasteiger charge is 2.17. The minimum Gasteiger partial charge on any atom is -0.360 e. The minimum absolute atomic E-state index is 0. The lowest BCUT2D eigenvalue weighted by atomic mass is 10.2. The maximum Gasteiger partial charge on any atom is 0.253 e. The van der Waals surface area contributed by atoms with E-state index in [9.17, 15) is 4.79 Å². The first kappa shape index (κ1) is 18.3. The number of carbonyl (C=O) groups excluding carboxylic acids is 1. The summed E-state index contributed by atoms with van der Waals surface area (Å²) in [6.07, 6.45) is 0.906. The largest absolute Gasteiger partial charge is 0.360 e. The van der Waals surface area contributed by atoms with Gasteiger partial charge >= 0.3 is 0 Å². The standard InChI is InChI=1S/C15H22N4O2.ClH/c1-10-8-13(15(20)17-7-5-6-16-4)12(3)19(10)14-9-11(2)21-18-14;/h8-9,16H,5-7H2,1-4H3,(H,17,20);1H. The lowest BCUT2D eigenvalue weighted by Crippen LogP contribution is -2.26. The SMILES string of the molecule is CNCCCNC(=O)c1cc(C)n(-c2cc(C)on2)c1C.Cl. The molecule has 2 aromatic heterocycles. The van der Waals surface area contributed by atoms with Crippen molar-refractivity contribution in [1.29, 1.82) is 0 Å². The normalized spacial score (nSPS) is 10.4. The summed E-state index contributed by atoms with van der Waals surface area (Å²) in [5, 5.41) is 10.0. The van der Waals surface area contributed by atoms with Gasteiger partial charge in [0.25, 0.3) is 5.91 Å². The van der Waals surface area contributed by atoms with Gasteiger partial charge in [-0.25, -0.2) is 0 Å². The van der Waals surface area contributed by atoms with Crippen LogP contribution in [0.5, 0.6) is 0 Å². The van der Waals surface area contributed by atoms with Crippen molar-refractivity contribution in [2.75, 3.05) is 20.1 Å².